The van der Waals surface area contributed by atoms with E-state index < -0.39 is 0 Å². The second kappa shape index (κ2) is 4.47. The Morgan fingerprint density at radius 1 is 1.71 bits per heavy atom. The van der Waals surface area contributed by atoms with Gasteiger partial charge in [0.05, 0.1) is 0 Å². The predicted molar refractivity (Wildman–Crippen MR) is 36.9 cm³/mol. The molecule has 0 heterocycles. The van der Waals surface area contributed by atoms with E-state index in [-0.39, 0.29) is 0 Å². The molecule has 0 aliphatic carbocycles. The Balaban J connectivity index is 2.83. The molecular formula is C5H13NS. The molecule has 0 aromatic heterocycles. The minimum atomic E-state index is 0.702. The highest BCUT2D eigenvalue weighted by molar-refractivity contribution is 7.80. The number of nitrogens with one attached hydrogen (secondary N) is 1. The van der Waals surface area contributed by atoms with Crippen LogP contribution in [0.5, 0.6) is 0 Å². The van der Waals surface area contributed by atoms with Crippen LogP contribution in [0.25, 0.3) is 0 Å². The Morgan fingerprint density at radius 3 is 2.43 bits per heavy atom. The van der Waals surface area contributed by atoms with Crippen molar-refractivity contribution in [3.8, 4) is 0 Å². The van der Waals surface area contributed by atoms with E-state index >= 15 is 0 Å². The topological polar surface area (TPSA) is 12.0 Å². The maximum atomic E-state index is 4.11. The molecule has 44 valence electrons. The molecule has 0 radical (unpaired) electrons. The lowest BCUT2D eigenvalue weighted by molar-refractivity contribution is 0.605. The second-order valence-corrected chi connectivity index (χ2v) is 2.21. The van der Waals surface area contributed by atoms with Crippen molar-refractivity contribution in [2.75, 3.05) is 19.3 Å². The molecule has 1 N–H and O–H groups in total. The van der Waals surface area contributed by atoms with Gasteiger partial charge in [-0.3, -0.25) is 0 Å². The summed E-state index contributed by atoms with van der Waals surface area (Å²) >= 11 is 4.11. The first-order chi connectivity index (χ1) is 3.31. The van der Waals surface area contributed by atoms with E-state index in [9.17, 15) is 0 Å². The van der Waals surface area contributed by atoms with Crippen molar-refractivity contribution in [2.24, 2.45) is 5.92 Å². The summed E-state index contributed by atoms with van der Waals surface area (Å²) in [6.07, 6.45) is 0. The maximum Gasteiger partial charge on any atom is -0.00184 e. The van der Waals surface area contributed by atoms with Crippen LogP contribution in [0, 0.1) is 5.92 Å². The fourth-order valence-electron chi connectivity index (χ4n) is 0.413. The number of hydrogen-bond donors (Lipinski definition) is 2. The van der Waals surface area contributed by atoms with Gasteiger partial charge in [-0.25, -0.2) is 0 Å². The van der Waals surface area contributed by atoms with Crippen LogP contribution in [0.15, 0.2) is 0 Å². The van der Waals surface area contributed by atoms with Crippen molar-refractivity contribution >= 4 is 12.6 Å². The zero-order valence-corrected chi connectivity index (χ0v) is 5.83. The van der Waals surface area contributed by atoms with Crippen LogP contribution < -0.4 is 5.32 Å². The Bertz CT molecular complexity index is 39.1. The van der Waals surface area contributed by atoms with E-state index in [1.54, 1.807) is 0 Å². The molecule has 0 saturated carbocycles. The van der Waals surface area contributed by atoms with Crippen LogP contribution in [0.3, 0.4) is 0 Å². The first kappa shape index (κ1) is 7.31. The molecule has 0 amide bonds. The van der Waals surface area contributed by atoms with Crippen LogP contribution >= 0.6 is 12.6 Å². The minimum Gasteiger partial charge on any atom is -0.319 e. The van der Waals surface area contributed by atoms with Gasteiger partial charge in [-0.2, -0.15) is 12.6 Å². The van der Waals surface area contributed by atoms with Gasteiger partial charge in [0, 0.05) is 0 Å². The second-order valence-electron chi connectivity index (χ2n) is 1.85. The van der Waals surface area contributed by atoms with E-state index in [0.717, 1.165) is 12.3 Å². The summed E-state index contributed by atoms with van der Waals surface area (Å²) in [5.41, 5.74) is 0. The standard InChI is InChI=1S/C5H13NS/c1-5(4-7)3-6-2/h5-7H,3-4H2,1-2H3/t5-/m1/s1. The molecule has 0 aliphatic rings. The number of rotatable bonds is 3. The zero-order chi connectivity index (χ0) is 5.70. The van der Waals surface area contributed by atoms with Gasteiger partial charge in [-0.15, -0.1) is 0 Å². The van der Waals surface area contributed by atoms with Gasteiger partial charge in [-0.1, -0.05) is 6.92 Å². The SMILES string of the molecule is CNC[C@@H](C)CS. The molecule has 7 heavy (non-hydrogen) atoms. The highest BCUT2D eigenvalue weighted by atomic mass is 32.1. The average molecular weight is 119 g/mol. The van der Waals surface area contributed by atoms with Gasteiger partial charge in [0.15, 0.2) is 0 Å². The van der Waals surface area contributed by atoms with Gasteiger partial charge in [0.2, 0.25) is 0 Å². The third-order valence-corrected chi connectivity index (χ3v) is 1.49. The largest absolute Gasteiger partial charge is 0.319 e. The summed E-state index contributed by atoms with van der Waals surface area (Å²) < 4.78 is 0. The lowest BCUT2D eigenvalue weighted by Crippen LogP contribution is -2.16. The molecular weight excluding hydrogens is 106 g/mol. The smallest absolute Gasteiger partial charge is 0.00184 e. The first-order valence-electron chi connectivity index (χ1n) is 2.56. The Kier molecular flexibility index (Phi) is 4.67. The van der Waals surface area contributed by atoms with Crippen molar-refractivity contribution in [1.82, 2.24) is 5.32 Å². The van der Waals surface area contributed by atoms with Crippen LogP contribution in [-0.2, 0) is 0 Å². The Morgan fingerprint density at radius 2 is 2.29 bits per heavy atom. The number of thiol groups is 1. The first-order valence-corrected chi connectivity index (χ1v) is 3.20. The lowest BCUT2D eigenvalue weighted by atomic mass is 10.2. The summed E-state index contributed by atoms with van der Waals surface area (Å²) in [5.74, 6) is 1.68. The van der Waals surface area contributed by atoms with Crippen molar-refractivity contribution in [3.05, 3.63) is 0 Å². The summed E-state index contributed by atoms with van der Waals surface area (Å²) in [4.78, 5) is 0. The quantitative estimate of drug-likeness (QED) is 0.523. The highest BCUT2D eigenvalue weighted by Crippen LogP contribution is 1.92. The molecule has 0 spiro atoms. The van der Waals surface area contributed by atoms with E-state index in [1.807, 2.05) is 7.05 Å². The van der Waals surface area contributed by atoms with Crippen molar-refractivity contribution in [3.63, 3.8) is 0 Å². The van der Waals surface area contributed by atoms with Crippen LogP contribution in [0.2, 0.25) is 0 Å². The summed E-state index contributed by atoms with van der Waals surface area (Å²) in [7, 11) is 1.96. The molecule has 0 aromatic carbocycles. The summed E-state index contributed by atoms with van der Waals surface area (Å²) in [6.45, 7) is 3.24. The van der Waals surface area contributed by atoms with Gasteiger partial charge in [0.1, 0.15) is 0 Å². The number of hydrogen-bond acceptors (Lipinski definition) is 2. The Hall–Kier alpha value is 0.310. The molecule has 0 unspecified atom stereocenters. The predicted octanol–water partition coefficient (Wildman–Crippen LogP) is 0.772. The van der Waals surface area contributed by atoms with Crippen LogP contribution in [0.4, 0.5) is 0 Å². The van der Waals surface area contributed by atoms with Crippen molar-refractivity contribution in [1.29, 1.82) is 0 Å². The maximum absolute atomic E-state index is 4.11. The van der Waals surface area contributed by atoms with Gasteiger partial charge >= 0.3 is 0 Å². The summed E-state index contributed by atoms with van der Waals surface area (Å²) in [6, 6.07) is 0. The molecule has 0 saturated heterocycles. The van der Waals surface area contributed by atoms with E-state index in [4.69, 9.17) is 0 Å². The molecule has 0 aromatic rings. The normalized spacial score (nSPS) is 14.1. The molecule has 1 nitrogen and oxygen atoms in total. The fourth-order valence-corrected chi connectivity index (χ4v) is 0.542. The van der Waals surface area contributed by atoms with Crippen LogP contribution in [0.1, 0.15) is 6.92 Å². The zero-order valence-electron chi connectivity index (χ0n) is 4.94. The third kappa shape index (κ3) is 4.16. The van der Waals surface area contributed by atoms with Gasteiger partial charge < -0.3 is 5.32 Å². The highest BCUT2D eigenvalue weighted by Gasteiger charge is 1.92. The van der Waals surface area contributed by atoms with E-state index in [1.165, 1.54) is 0 Å². The molecule has 1 atom stereocenters. The third-order valence-electron chi connectivity index (χ3n) is 0.864. The van der Waals surface area contributed by atoms with Crippen molar-refractivity contribution < 1.29 is 0 Å². The molecule has 0 aliphatic heterocycles. The van der Waals surface area contributed by atoms with E-state index in [2.05, 4.69) is 24.9 Å². The molecule has 0 rings (SSSR count). The van der Waals surface area contributed by atoms with Crippen molar-refractivity contribution in [2.45, 2.75) is 6.92 Å². The monoisotopic (exact) mass is 119 g/mol. The lowest BCUT2D eigenvalue weighted by Gasteiger charge is -2.03. The average Bonchev–Trinajstić information content (AvgIpc) is 1.68. The molecule has 0 fully saturated rings. The van der Waals surface area contributed by atoms with Gasteiger partial charge in [0.25, 0.3) is 0 Å². The van der Waals surface area contributed by atoms with Gasteiger partial charge in [-0.05, 0) is 25.3 Å². The van der Waals surface area contributed by atoms with E-state index in [0.29, 0.717) is 5.92 Å². The Labute approximate surface area is 50.9 Å². The molecule has 2 heteroatoms. The van der Waals surface area contributed by atoms with Crippen LogP contribution in [-0.4, -0.2) is 19.3 Å². The fraction of sp³-hybridized carbons (Fsp3) is 1.00. The molecule has 0 bridgehead atoms. The minimum absolute atomic E-state index is 0.702. The summed E-state index contributed by atoms with van der Waals surface area (Å²) in [5, 5.41) is 3.07.